The Kier molecular flexibility index (Phi) is 2.54. The fourth-order valence-electron chi connectivity index (χ4n) is 1.32. The second kappa shape index (κ2) is 3.11. The van der Waals surface area contributed by atoms with Crippen LogP contribution in [0, 0.1) is 11.8 Å². The van der Waals surface area contributed by atoms with Crippen molar-refractivity contribution in [2.45, 2.75) is 19.8 Å². The molecule has 66 valence electrons. The summed E-state index contributed by atoms with van der Waals surface area (Å²) in [4.78, 5) is 0. The van der Waals surface area contributed by atoms with E-state index in [1.807, 2.05) is 0 Å². The molecular weight excluding hydrogens is 162 g/mol. The van der Waals surface area contributed by atoms with Crippen LogP contribution in [0.2, 0.25) is 0 Å². The smallest absolute Gasteiger partial charge is 0.208 e. The van der Waals surface area contributed by atoms with Gasteiger partial charge in [0.2, 0.25) is 10.0 Å². The third-order valence-electron chi connectivity index (χ3n) is 2.20. The minimum Gasteiger partial charge on any atom is -0.215 e. The molecule has 1 saturated carbocycles. The highest BCUT2D eigenvalue weighted by Crippen LogP contribution is 2.40. The molecule has 1 N–H and O–H groups in total. The summed E-state index contributed by atoms with van der Waals surface area (Å²) in [6.45, 7) is 2.78. The lowest BCUT2D eigenvalue weighted by Gasteiger charge is -1.99. The molecule has 1 rings (SSSR count). The van der Waals surface area contributed by atoms with Gasteiger partial charge in [-0.15, -0.1) is 0 Å². The summed E-state index contributed by atoms with van der Waals surface area (Å²) in [7, 11) is -2.96. The summed E-state index contributed by atoms with van der Waals surface area (Å²) in [6, 6.07) is 0. The van der Waals surface area contributed by atoms with Crippen molar-refractivity contribution in [1.29, 1.82) is 0 Å². The van der Waals surface area contributed by atoms with Crippen LogP contribution in [0.25, 0.3) is 0 Å². The van der Waals surface area contributed by atoms with Crippen LogP contribution in [0.4, 0.5) is 0 Å². The minimum absolute atomic E-state index is 0.606. The number of hydrogen-bond acceptors (Lipinski definition) is 2. The Bertz CT molecular complexity index is 223. The molecule has 1 fully saturated rings. The van der Waals surface area contributed by atoms with E-state index in [-0.39, 0.29) is 0 Å². The number of nitrogens with one attached hydrogen (secondary N) is 1. The van der Waals surface area contributed by atoms with Crippen LogP contribution < -0.4 is 4.72 Å². The molecule has 1 aliphatic rings. The second-order valence-electron chi connectivity index (χ2n) is 3.28. The standard InChI is InChI=1S/C7H15NO2S/c1-3-6-4-7(6)5-8-11(2,9)10/h6-8H,3-5H2,1-2H3/t6-,7+/m1/s1. The lowest BCUT2D eigenvalue weighted by Crippen LogP contribution is -2.24. The summed E-state index contributed by atoms with van der Waals surface area (Å²) in [6.07, 6.45) is 3.57. The zero-order valence-corrected chi connectivity index (χ0v) is 7.82. The van der Waals surface area contributed by atoms with Gasteiger partial charge in [-0.3, -0.25) is 0 Å². The first-order chi connectivity index (χ1) is 5.03. The largest absolute Gasteiger partial charge is 0.215 e. The Morgan fingerprint density at radius 2 is 2.09 bits per heavy atom. The quantitative estimate of drug-likeness (QED) is 0.683. The fraction of sp³-hybridized carbons (Fsp3) is 1.00. The summed E-state index contributed by atoms with van der Waals surface area (Å²) < 4.78 is 23.8. The van der Waals surface area contributed by atoms with Gasteiger partial charge >= 0.3 is 0 Å². The molecule has 4 heteroatoms. The Morgan fingerprint density at radius 3 is 2.45 bits per heavy atom. The molecule has 0 aliphatic heterocycles. The highest BCUT2D eigenvalue weighted by molar-refractivity contribution is 7.88. The lowest BCUT2D eigenvalue weighted by molar-refractivity contribution is 0.577. The molecule has 0 radical (unpaired) electrons. The van der Waals surface area contributed by atoms with Gasteiger partial charge in [-0.1, -0.05) is 13.3 Å². The van der Waals surface area contributed by atoms with Gasteiger partial charge in [0.25, 0.3) is 0 Å². The topological polar surface area (TPSA) is 46.2 Å². The predicted octanol–water partition coefficient (Wildman–Crippen LogP) is 0.582. The van der Waals surface area contributed by atoms with Crippen molar-refractivity contribution in [2.24, 2.45) is 11.8 Å². The van der Waals surface area contributed by atoms with Crippen molar-refractivity contribution in [3.63, 3.8) is 0 Å². The van der Waals surface area contributed by atoms with Gasteiger partial charge in [0.15, 0.2) is 0 Å². The van der Waals surface area contributed by atoms with Crippen molar-refractivity contribution in [1.82, 2.24) is 4.72 Å². The van der Waals surface area contributed by atoms with E-state index >= 15 is 0 Å². The van der Waals surface area contributed by atoms with E-state index in [4.69, 9.17) is 0 Å². The van der Waals surface area contributed by atoms with Crippen LogP contribution in [0.3, 0.4) is 0 Å². The van der Waals surface area contributed by atoms with Gasteiger partial charge < -0.3 is 0 Å². The molecule has 0 spiro atoms. The van der Waals surface area contributed by atoms with Gasteiger partial charge in [0, 0.05) is 6.54 Å². The highest BCUT2D eigenvalue weighted by atomic mass is 32.2. The Morgan fingerprint density at radius 1 is 1.45 bits per heavy atom. The van der Waals surface area contributed by atoms with E-state index in [1.165, 1.54) is 19.1 Å². The molecular formula is C7H15NO2S. The summed E-state index contributed by atoms with van der Waals surface area (Å²) in [5, 5.41) is 0. The number of hydrogen-bond donors (Lipinski definition) is 1. The van der Waals surface area contributed by atoms with Crippen LogP contribution in [-0.2, 0) is 10.0 Å². The van der Waals surface area contributed by atoms with Crippen LogP contribution in [0.5, 0.6) is 0 Å². The van der Waals surface area contributed by atoms with Gasteiger partial charge in [-0.2, -0.15) is 0 Å². The zero-order valence-electron chi connectivity index (χ0n) is 7.00. The summed E-state index contributed by atoms with van der Waals surface area (Å²) in [5.74, 6) is 1.37. The maximum absolute atomic E-state index is 10.6. The van der Waals surface area contributed by atoms with Crippen LogP contribution in [0.1, 0.15) is 19.8 Å². The van der Waals surface area contributed by atoms with Crippen LogP contribution >= 0.6 is 0 Å². The third-order valence-corrected chi connectivity index (χ3v) is 2.89. The van der Waals surface area contributed by atoms with E-state index in [1.54, 1.807) is 0 Å². The van der Waals surface area contributed by atoms with Crippen molar-refractivity contribution >= 4 is 10.0 Å². The van der Waals surface area contributed by atoms with E-state index in [9.17, 15) is 8.42 Å². The SMILES string of the molecule is CC[C@@H]1C[C@H]1CNS(C)(=O)=O. The first-order valence-corrected chi connectivity index (χ1v) is 5.86. The Balaban J connectivity index is 2.16. The maximum atomic E-state index is 10.6. The third kappa shape index (κ3) is 3.20. The average molecular weight is 177 g/mol. The molecule has 3 nitrogen and oxygen atoms in total. The Hall–Kier alpha value is -0.0900. The molecule has 1 aliphatic carbocycles. The van der Waals surface area contributed by atoms with Crippen molar-refractivity contribution in [3.05, 3.63) is 0 Å². The molecule has 0 saturated heterocycles. The Labute approximate surface area is 68.2 Å². The molecule has 0 bridgehead atoms. The molecule has 2 atom stereocenters. The van der Waals surface area contributed by atoms with Gasteiger partial charge in [-0.05, 0) is 18.3 Å². The molecule has 0 unspecified atom stereocenters. The minimum atomic E-state index is -2.96. The van der Waals surface area contributed by atoms with Gasteiger partial charge in [0.05, 0.1) is 6.26 Å². The van der Waals surface area contributed by atoms with E-state index in [2.05, 4.69) is 11.6 Å². The summed E-state index contributed by atoms with van der Waals surface area (Å²) in [5.41, 5.74) is 0. The van der Waals surface area contributed by atoms with Crippen molar-refractivity contribution < 1.29 is 8.42 Å². The van der Waals surface area contributed by atoms with E-state index < -0.39 is 10.0 Å². The first kappa shape index (κ1) is 9.00. The zero-order chi connectivity index (χ0) is 8.48. The first-order valence-electron chi connectivity index (χ1n) is 3.97. The summed E-state index contributed by atoms with van der Waals surface area (Å²) >= 11 is 0. The second-order valence-corrected chi connectivity index (χ2v) is 5.12. The highest BCUT2D eigenvalue weighted by Gasteiger charge is 2.35. The molecule has 0 heterocycles. The number of rotatable bonds is 4. The molecule has 0 aromatic carbocycles. The molecule has 11 heavy (non-hydrogen) atoms. The lowest BCUT2D eigenvalue weighted by atomic mass is 10.3. The van der Waals surface area contributed by atoms with Crippen molar-refractivity contribution in [2.75, 3.05) is 12.8 Å². The maximum Gasteiger partial charge on any atom is 0.208 e. The molecule has 0 amide bonds. The van der Waals surface area contributed by atoms with Crippen LogP contribution in [-0.4, -0.2) is 21.2 Å². The molecule has 0 aromatic rings. The number of sulfonamides is 1. The van der Waals surface area contributed by atoms with E-state index in [0.29, 0.717) is 12.5 Å². The van der Waals surface area contributed by atoms with E-state index in [0.717, 1.165) is 5.92 Å². The predicted molar refractivity (Wildman–Crippen MR) is 44.7 cm³/mol. The van der Waals surface area contributed by atoms with Gasteiger partial charge in [0.1, 0.15) is 0 Å². The van der Waals surface area contributed by atoms with Crippen LogP contribution in [0.15, 0.2) is 0 Å². The van der Waals surface area contributed by atoms with Crippen molar-refractivity contribution in [3.8, 4) is 0 Å². The van der Waals surface area contributed by atoms with Gasteiger partial charge in [-0.25, -0.2) is 13.1 Å². The normalized spacial score (nSPS) is 30.4. The average Bonchev–Trinajstić information content (AvgIpc) is 2.60. The fourth-order valence-corrected chi connectivity index (χ4v) is 1.84. The monoisotopic (exact) mass is 177 g/mol. The molecule has 0 aromatic heterocycles.